The number of aliphatic carboxylic acids is 1. The third-order valence-corrected chi connectivity index (χ3v) is 2.75. The minimum absolute atomic E-state index is 0.0206. The summed E-state index contributed by atoms with van der Waals surface area (Å²) in [6.07, 6.45) is 0. The van der Waals surface area contributed by atoms with Crippen LogP contribution in [0.2, 0.25) is 0 Å². The molecular weight excluding hydrogens is 270 g/mol. The molecule has 0 fully saturated rings. The van der Waals surface area contributed by atoms with Crippen LogP contribution in [0.15, 0.2) is 18.2 Å². The average Bonchev–Trinajstić information content (AvgIpc) is 2.39. The molecule has 1 aromatic carbocycles. The van der Waals surface area contributed by atoms with Gasteiger partial charge >= 0.3 is 12.0 Å². The van der Waals surface area contributed by atoms with E-state index in [1.807, 2.05) is 0 Å². The molecule has 0 heterocycles. The van der Waals surface area contributed by atoms with E-state index in [1.54, 1.807) is 0 Å². The summed E-state index contributed by atoms with van der Waals surface area (Å²) >= 11 is 0. The Hall–Kier alpha value is -2.18. The molecule has 1 aromatic rings. The quantitative estimate of drug-likeness (QED) is 0.867. The zero-order valence-corrected chi connectivity index (χ0v) is 11.2. The van der Waals surface area contributed by atoms with Gasteiger partial charge in [0.1, 0.15) is 11.6 Å². The van der Waals surface area contributed by atoms with E-state index in [0.29, 0.717) is 0 Å². The summed E-state index contributed by atoms with van der Waals surface area (Å²) in [4.78, 5) is 23.5. The van der Waals surface area contributed by atoms with Crippen molar-refractivity contribution in [2.24, 2.45) is 5.92 Å². The number of carbonyl (C=O) groups excluding carboxylic acids is 1. The second-order valence-corrected chi connectivity index (χ2v) is 4.51. The molecule has 0 aromatic heterocycles. The zero-order valence-electron chi connectivity index (χ0n) is 11.2. The molecule has 110 valence electrons. The molecule has 7 heteroatoms. The van der Waals surface area contributed by atoms with E-state index in [-0.39, 0.29) is 18.7 Å². The first-order valence-electron chi connectivity index (χ1n) is 5.97. The fraction of sp³-hybridized carbons (Fsp3) is 0.385. The van der Waals surface area contributed by atoms with E-state index >= 15 is 0 Å². The maximum atomic E-state index is 13.3. The summed E-state index contributed by atoms with van der Waals surface area (Å²) < 4.78 is 26.3. The highest BCUT2D eigenvalue weighted by Crippen LogP contribution is 2.09. The fourth-order valence-electron chi connectivity index (χ4n) is 1.56. The van der Waals surface area contributed by atoms with E-state index in [1.165, 1.54) is 18.9 Å². The summed E-state index contributed by atoms with van der Waals surface area (Å²) in [6.45, 7) is 1.32. The number of rotatable bonds is 5. The van der Waals surface area contributed by atoms with Gasteiger partial charge in [-0.3, -0.25) is 4.79 Å². The van der Waals surface area contributed by atoms with Crippen molar-refractivity contribution in [3.05, 3.63) is 35.4 Å². The van der Waals surface area contributed by atoms with Gasteiger partial charge in [-0.05, 0) is 18.2 Å². The Labute approximate surface area is 115 Å². The van der Waals surface area contributed by atoms with Crippen LogP contribution in [-0.4, -0.2) is 35.6 Å². The van der Waals surface area contributed by atoms with Crippen LogP contribution in [-0.2, 0) is 11.3 Å². The van der Waals surface area contributed by atoms with Crippen LogP contribution in [0.5, 0.6) is 0 Å². The molecule has 0 aliphatic heterocycles. The standard InChI is InChI=1S/C13H16F2N2O3/c1-8(12(18)19)7-17(2)13(20)16-6-9-5-10(14)3-4-11(9)15/h3-5,8H,6-7H2,1-2H3,(H,16,20)(H,18,19). The molecule has 0 aliphatic carbocycles. The van der Waals surface area contributed by atoms with Gasteiger partial charge in [-0.2, -0.15) is 0 Å². The van der Waals surface area contributed by atoms with Gasteiger partial charge < -0.3 is 15.3 Å². The van der Waals surface area contributed by atoms with E-state index in [4.69, 9.17) is 5.11 Å². The van der Waals surface area contributed by atoms with Gasteiger partial charge in [0.05, 0.1) is 5.92 Å². The van der Waals surface area contributed by atoms with Gasteiger partial charge in [0, 0.05) is 25.7 Å². The smallest absolute Gasteiger partial charge is 0.317 e. The lowest BCUT2D eigenvalue weighted by Crippen LogP contribution is -2.40. The summed E-state index contributed by atoms with van der Waals surface area (Å²) in [5, 5.41) is 11.1. The summed E-state index contributed by atoms with van der Waals surface area (Å²) in [5.41, 5.74) is 0.0260. The number of halogens is 2. The van der Waals surface area contributed by atoms with Crippen molar-refractivity contribution < 1.29 is 23.5 Å². The Morgan fingerprint density at radius 1 is 1.40 bits per heavy atom. The molecule has 0 saturated carbocycles. The molecule has 5 nitrogen and oxygen atoms in total. The van der Waals surface area contributed by atoms with Gasteiger partial charge in [-0.1, -0.05) is 6.92 Å². The lowest BCUT2D eigenvalue weighted by atomic mass is 10.2. The Balaban J connectivity index is 2.54. The molecule has 2 amide bonds. The first-order valence-corrected chi connectivity index (χ1v) is 5.97. The molecule has 0 spiro atoms. The number of carboxylic acid groups (broad SMARTS) is 1. The van der Waals surface area contributed by atoms with Crippen molar-refractivity contribution in [2.75, 3.05) is 13.6 Å². The minimum atomic E-state index is -1.01. The topological polar surface area (TPSA) is 69.6 Å². The number of hydrogen-bond acceptors (Lipinski definition) is 2. The summed E-state index contributed by atoms with van der Waals surface area (Å²) in [5.74, 6) is -2.94. The predicted molar refractivity (Wildman–Crippen MR) is 68.0 cm³/mol. The van der Waals surface area contributed by atoms with Gasteiger partial charge in [0.25, 0.3) is 0 Å². The number of benzene rings is 1. The van der Waals surface area contributed by atoms with Crippen LogP contribution in [0.25, 0.3) is 0 Å². The summed E-state index contributed by atoms with van der Waals surface area (Å²) in [6, 6.07) is 2.41. The Kier molecular flexibility index (Phi) is 5.42. The molecular formula is C13H16F2N2O3. The number of amides is 2. The SMILES string of the molecule is CC(CN(C)C(=O)NCc1cc(F)ccc1F)C(=O)O. The molecule has 0 bridgehead atoms. The third kappa shape index (κ3) is 4.49. The van der Waals surface area contributed by atoms with Crippen molar-refractivity contribution in [3.63, 3.8) is 0 Å². The number of nitrogens with zero attached hydrogens (tertiary/aromatic N) is 1. The minimum Gasteiger partial charge on any atom is -0.481 e. The molecule has 2 N–H and O–H groups in total. The van der Waals surface area contributed by atoms with Crippen molar-refractivity contribution >= 4 is 12.0 Å². The van der Waals surface area contributed by atoms with Crippen LogP contribution in [0.1, 0.15) is 12.5 Å². The van der Waals surface area contributed by atoms with Crippen molar-refractivity contribution in [3.8, 4) is 0 Å². The van der Waals surface area contributed by atoms with E-state index in [9.17, 15) is 18.4 Å². The van der Waals surface area contributed by atoms with Crippen LogP contribution < -0.4 is 5.32 Å². The largest absolute Gasteiger partial charge is 0.481 e. The lowest BCUT2D eigenvalue weighted by Gasteiger charge is -2.20. The summed E-state index contributed by atoms with van der Waals surface area (Å²) in [7, 11) is 1.43. The van der Waals surface area contributed by atoms with E-state index in [0.717, 1.165) is 18.2 Å². The third-order valence-electron chi connectivity index (χ3n) is 2.75. The second-order valence-electron chi connectivity index (χ2n) is 4.51. The van der Waals surface area contributed by atoms with Crippen molar-refractivity contribution in [1.29, 1.82) is 0 Å². The van der Waals surface area contributed by atoms with Crippen molar-refractivity contribution in [1.82, 2.24) is 10.2 Å². The van der Waals surface area contributed by atoms with Gasteiger partial charge in [-0.25, -0.2) is 13.6 Å². The molecule has 0 saturated heterocycles. The van der Waals surface area contributed by atoms with Crippen LogP contribution in [0, 0.1) is 17.6 Å². The van der Waals surface area contributed by atoms with E-state index in [2.05, 4.69) is 5.32 Å². The highest BCUT2D eigenvalue weighted by molar-refractivity contribution is 5.75. The Morgan fingerprint density at radius 3 is 2.65 bits per heavy atom. The maximum absolute atomic E-state index is 13.3. The van der Waals surface area contributed by atoms with Crippen LogP contribution >= 0.6 is 0 Å². The first kappa shape index (κ1) is 15.9. The number of hydrogen-bond donors (Lipinski definition) is 2. The lowest BCUT2D eigenvalue weighted by molar-refractivity contribution is -0.141. The molecule has 1 atom stereocenters. The second kappa shape index (κ2) is 6.83. The van der Waals surface area contributed by atoms with Crippen LogP contribution in [0.4, 0.5) is 13.6 Å². The van der Waals surface area contributed by atoms with Gasteiger partial charge in [-0.15, -0.1) is 0 Å². The fourth-order valence-corrected chi connectivity index (χ4v) is 1.56. The van der Waals surface area contributed by atoms with Crippen LogP contribution in [0.3, 0.4) is 0 Å². The molecule has 0 aliphatic rings. The molecule has 1 rings (SSSR count). The Morgan fingerprint density at radius 2 is 2.05 bits per heavy atom. The molecule has 20 heavy (non-hydrogen) atoms. The highest BCUT2D eigenvalue weighted by atomic mass is 19.1. The predicted octanol–water partition coefficient (Wildman–Crippen LogP) is 1.83. The number of carbonyl (C=O) groups is 2. The monoisotopic (exact) mass is 286 g/mol. The average molecular weight is 286 g/mol. The number of urea groups is 1. The normalized spacial score (nSPS) is 11.8. The Bertz CT molecular complexity index is 508. The number of nitrogens with one attached hydrogen (secondary N) is 1. The highest BCUT2D eigenvalue weighted by Gasteiger charge is 2.17. The molecule has 1 unspecified atom stereocenters. The first-order chi connectivity index (χ1) is 9.31. The molecule has 0 radical (unpaired) electrons. The zero-order chi connectivity index (χ0) is 15.3. The van der Waals surface area contributed by atoms with Crippen molar-refractivity contribution in [2.45, 2.75) is 13.5 Å². The van der Waals surface area contributed by atoms with E-state index < -0.39 is 29.6 Å². The van der Waals surface area contributed by atoms with Gasteiger partial charge in [0.15, 0.2) is 0 Å². The maximum Gasteiger partial charge on any atom is 0.317 e. The number of carboxylic acids is 1. The van der Waals surface area contributed by atoms with Gasteiger partial charge in [0.2, 0.25) is 0 Å².